The van der Waals surface area contributed by atoms with Crippen LogP contribution in [0.25, 0.3) is 0 Å². The molecule has 1 aromatic carbocycles. The van der Waals surface area contributed by atoms with Crippen LogP contribution in [0.5, 0.6) is 0 Å². The summed E-state index contributed by atoms with van der Waals surface area (Å²) in [7, 11) is 0. The van der Waals surface area contributed by atoms with Gasteiger partial charge in [-0.05, 0) is 58.2 Å². The van der Waals surface area contributed by atoms with Crippen molar-refractivity contribution in [3.8, 4) is 0 Å². The molecule has 1 saturated heterocycles. The van der Waals surface area contributed by atoms with Gasteiger partial charge in [-0.1, -0.05) is 25.1 Å². The average Bonchev–Trinajstić information content (AvgIpc) is 2.73. The Morgan fingerprint density at radius 2 is 1.90 bits per heavy atom. The van der Waals surface area contributed by atoms with E-state index >= 15 is 0 Å². The topological polar surface area (TPSA) is 61.9 Å². The monoisotopic (exact) mass is 403 g/mol. The van der Waals surface area contributed by atoms with Crippen LogP contribution in [0.15, 0.2) is 30.3 Å². The summed E-state index contributed by atoms with van der Waals surface area (Å²) in [5.41, 5.74) is 0.747. The van der Waals surface area contributed by atoms with E-state index in [0.717, 1.165) is 50.9 Å². The molecule has 1 aromatic rings. The van der Waals surface area contributed by atoms with Crippen molar-refractivity contribution in [3.63, 3.8) is 0 Å². The molecule has 162 valence electrons. The molecule has 1 fully saturated rings. The number of piperidine rings is 1. The molecule has 0 aliphatic carbocycles. The minimum atomic E-state index is 0.0748. The number of benzene rings is 1. The molecule has 0 unspecified atom stereocenters. The Morgan fingerprint density at radius 3 is 2.52 bits per heavy atom. The lowest BCUT2D eigenvalue weighted by atomic mass is 10.0. The van der Waals surface area contributed by atoms with Gasteiger partial charge in [0.2, 0.25) is 5.91 Å². The summed E-state index contributed by atoms with van der Waals surface area (Å²) in [6.07, 6.45) is 3.89. The van der Waals surface area contributed by atoms with Crippen LogP contribution in [-0.4, -0.2) is 73.1 Å². The van der Waals surface area contributed by atoms with Gasteiger partial charge in [-0.15, -0.1) is 0 Å². The first-order chi connectivity index (χ1) is 14.0. The molecule has 0 spiro atoms. The highest BCUT2D eigenvalue weighted by Gasteiger charge is 2.28. The summed E-state index contributed by atoms with van der Waals surface area (Å²) in [4.78, 5) is 29.2. The van der Waals surface area contributed by atoms with E-state index in [1.807, 2.05) is 49.1 Å². The molecule has 1 N–H and O–H groups in total. The highest BCUT2D eigenvalue weighted by Crippen LogP contribution is 2.19. The molecule has 29 heavy (non-hydrogen) atoms. The van der Waals surface area contributed by atoms with Gasteiger partial charge in [0.25, 0.3) is 5.91 Å². The van der Waals surface area contributed by atoms with Crippen molar-refractivity contribution in [1.29, 1.82) is 0 Å². The van der Waals surface area contributed by atoms with Gasteiger partial charge in [0, 0.05) is 37.8 Å². The first kappa shape index (κ1) is 23.4. The van der Waals surface area contributed by atoms with Crippen LogP contribution in [0.4, 0.5) is 0 Å². The summed E-state index contributed by atoms with van der Waals surface area (Å²) >= 11 is 0. The van der Waals surface area contributed by atoms with E-state index in [2.05, 4.69) is 17.1 Å². The van der Waals surface area contributed by atoms with Crippen LogP contribution in [0, 0.1) is 0 Å². The summed E-state index contributed by atoms with van der Waals surface area (Å²) in [5.74, 6) is 0.179. The SMILES string of the molecule is CCCN(CC(=O)NCCCOC(C)C)C1CCN(C(=O)c2ccccc2)CC1. The van der Waals surface area contributed by atoms with Crippen LogP contribution in [0.3, 0.4) is 0 Å². The third-order valence-corrected chi connectivity index (χ3v) is 5.24. The van der Waals surface area contributed by atoms with Gasteiger partial charge in [0.1, 0.15) is 0 Å². The predicted molar refractivity (Wildman–Crippen MR) is 116 cm³/mol. The Kier molecular flexibility index (Phi) is 10.2. The fourth-order valence-corrected chi connectivity index (χ4v) is 3.73. The van der Waals surface area contributed by atoms with Gasteiger partial charge >= 0.3 is 0 Å². The Morgan fingerprint density at radius 1 is 1.21 bits per heavy atom. The lowest BCUT2D eigenvalue weighted by molar-refractivity contribution is -0.123. The first-order valence-corrected chi connectivity index (χ1v) is 11.0. The number of hydrogen-bond acceptors (Lipinski definition) is 4. The zero-order valence-corrected chi connectivity index (χ0v) is 18.2. The number of ether oxygens (including phenoxy) is 1. The lowest BCUT2D eigenvalue weighted by Gasteiger charge is -2.38. The predicted octanol–water partition coefficient (Wildman–Crippen LogP) is 2.93. The molecule has 0 aromatic heterocycles. The van der Waals surface area contributed by atoms with Gasteiger partial charge in [0.05, 0.1) is 12.6 Å². The summed E-state index contributed by atoms with van der Waals surface area (Å²) in [6.45, 7) is 10.3. The molecule has 0 atom stereocenters. The third-order valence-electron chi connectivity index (χ3n) is 5.24. The fraction of sp³-hybridized carbons (Fsp3) is 0.652. The molecule has 6 heteroatoms. The maximum atomic E-state index is 12.6. The fourth-order valence-electron chi connectivity index (χ4n) is 3.73. The summed E-state index contributed by atoms with van der Waals surface area (Å²) in [5, 5.41) is 3.01. The van der Waals surface area contributed by atoms with Gasteiger partial charge in [-0.25, -0.2) is 0 Å². The Balaban J connectivity index is 1.76. The quantitative estimate of drug-likeness (QED) is 0.577. The molecular formula is C23H37N3O3. The zero-order valence-electron chi connectivity index (χ0n) is 18.2. The molecule has 0 bridgehead atoms. The van der Waals surface area contributed by atoms with Gasteiger partial charge < -0.3 is 15.0 Å². The van der Waals surface area contributed by atoms with E-state index in [0.29, 0.717) is 25.7 Å². The number of nitrogens with zero attached hydrogens (tertiary/aromatic N) is 2. The second-order valence-electron chi connectivity index (χ2n) is 7.98. The largest absolute Gasteiger partial charge is 0.379 e. The van der Waals surface area contributed by atoms with E-state index in [1.165, 1.54) is 0 Å². The number of hydrogen-bond donors (Lipinski definition) is 1. The Bertz CT molecular complexity index is 613. The van der Waals surface area contributed by atoms with Crippen LogP contribution in [0.1, 0.15) is 56.8 Å². The molecule has 2 rings (SSSR count). The molecule has 6 nitrogen and oxygen atoms in total. The number of carbonyl (C=O) groups is 2. The van der Waals surface area contributed by atoms with Crippen LogP contribution in [-0.2, 0) is 9.53 Å². The number of carbonyl (C=O) groups excluding carboxylic acids is 2. The third kappa shape index (κ3) is 8.15. The number of likely N-dealkylation sites (tertiary alicyclic amines) is 1. The second kappa shape index (κ2) is 12.6. The van der Waals surface area contributed by atoms with E-state index < -0.39 is 0 Å². The smallest absolute Gasteiger partial charge is 0.253 e. The van der Waals surface area contributed by atoms with E-state index in [-0.39, 0.29) is 17.9 Å². The maximum absolute atomic E-state index is 12.6. The molecule has 1 aliphatic rings. The summed E-state index contributed by atoms with van der Waals surface area (Å²) < 4.78 is 5.51. The molecule has 1 aliphatic heterocycles. The molecule has 2 amide bonds. The van der Waals surface area contributed by atoms with Crippen molar-refractivity contribution in [3.05, 3.63) is 35.9 Å². The standard InChI is InChI=1S/C23H37N3O3/c1-4-14-26(18-22(27)24-13-8-17-29-19(2)3)21-11-15-25(16-12-21)23(28)20-9-6-5-7-10-20/h5-7,9-10,19,21H,4,8,11-18H2,1-3H3,(H,24,27). The van der Waals surface area contributed by atoms with Crippen LogP contribution >= 0.6 is 0 Å². The van der Waals surface area contributed by atoms with Crippen molar-refractivity contribution in [2.75, 3.05) is 39.3 Å². The molecule has 0 saturated carbocycles. The normalized spacial score (nSPS) is 15.1. The second-order valence-corrected chi connectivity index (χ2v) is 7.98. The van der Waals surface area contributed by atoms with Crippen LogP contribution < -0.4 is 5.32 Å². The number of nitrogens with one attached hydrogen (secondary N) is 1. The van der Waals surface area contributed by atoms with E-state index in [1.54, 1.807) is 0 Å². The Labute approximate surface area is 175 Å². The number of rotatable bonds is 11. The first-order valence-electron chi connectivity index (χ1n) is 11.0. The minimum absolute atomic E-state index is 0.0748. The highest BCUT2D eigenvalue weighted by atomic mass is 16.5. The van der Waals surface area contributed by atoms with E-state index in [4.69, 9.17) is 4.74 Å². The van der Waals surface area contributed by atoms with Crippen molar-refractivity contribution >= 4 is 11.8 Å². The van der Waals surface area contributed by atoms with Gasteiger partial charge in [-0.2, -0.15) is 0 Å². The molecular weight excluding hydrogens is 366 g/mol. The van der Waals surface area contributed by atoms with Crippen LogP contribution in [0.2, 0.25) is 0 Å². The minimum Gasteiger partial charge on any atom is -0.379 e. The average molecular weight is 404 g/mol. The summed E-state index contributed by atoms with van der Waals surface area (Å²) in [6, 6.07) is 9.81. The van der Waals surface area contributed by atoms with Crippen molar-refractivity contribution in [2.45, 2.75) is 58.6 Å². The van der Waals surface area contributed by atoms with Gasteiger partial charge in [0.15, 0.2) is 0 Å². The molecule has 0 radical (unpaired) electrons. The highest BCUT2D eigenvalue weighted by molar-refractivity contribution is 5.94. The number of amides is 2. The maximum Gasteiger partial charge on any atom is 0.253 e. The van der Waals surface area contributed by atoms with E-state index in [9.17, 15) is 9.59 Å². The lowest BCUT2D eigenvalue weighted by Crippen LogP contribution is -2.49. The van der Waals surface area contributed by atoms with Crippen molar-refractivity contribution in [1.82, 2.24) is 15.1 Å². The van der Waals surface area contributed by atoms with Crippen molar-refractivity contribution in [2.24, 2.45) is 0 Å². The van der Waals surface area contributed by atoms with Gasteiger partial charge in [-0.3, -0.25) is 14.5 Å². The Hall–Kier alpha value is -1.92. The van der Waals surface area contributed by atoms with Crippen molar-refractivity contribution < 1.29 is 14.3 Å². The zero-order chi connectivity index (χ0) is 21.1. The molecule has 1 heterocycles.